The maximum absolute atomic E-state index is 12.5. The van der Waals surface area contributed by atoms with Gasteiger partial charge in [-0.25, -0.2) is 8.42 Å². The molecule has 6 nitrogen and oxygen atoms in total. The highest BCUT2D eigenvalue weighted by Crippen LogP contribution is 2.29. The lowest BCUT2D eigenvalue weighted by molar-refractivity contribution is 0.0927. The third-order valence-electron chi connectivity index (χ3n) is 5.02. The van der Waals surface area contributed by atoms with Crippen molar-refractivity contribution in [3.63, 3.8) is 0 Å². The fraction of sp³-hybridized carbons (Fsp3) is 0.588. The zero-order valence-electron chi connectivity index (χ0n) is 14.0. The van der Waals surface area contributed by atoms with Gasteiger partial charge >= 0.3 is 0 Å². The van der Waals surface area contributed by atoms with Gasteiger partial charge in [0.15, 0.2) is 9.84 Å². The van der Waals surface area contributed by atoms with Gasteiger partial charge in [-0.05, 0) is 37.1 Å². The molecule has 1 aliphatic heterocycles. The Morgan fingerprint density at radius 2 is 1.80 bits per heavy atom. The van der Waals surface area contributed by atoms with Crippen LogP contribution in [0.1, 0.15) is 36.0 Å². The standard InChI is InChI=1S/C17H24N2O4S.ClH/c20-16-11-18-9-13(16)10-19-17(21)12-5-7-15(8-6-12)24(22,23)14-3-1-2-4-14;/h5-8,13-14,16,18,20H,1-4,9-11H2,(H,19,21);1H. The number of rotatable bonds is 5. The summed E-state index contributed by atoms with van der Waals surface area (Å²) in [6.45, 7) is 1.63. The number of hydrogen-bond donors (Lipinski definition) is 3. The predicted octanol–water partition coefficient (Wildman–Crippen LogP) is 1.13. The van der Waals surface area contributed by atoms with Crippen molar-refractivity contribution in [1.82, 2.24) is 10.6 Å². The third-order valence-corrected chi connectivity index (χ3v) is 7.29. The molecule has 3 N–H and O–H groups in total. The fourth-order valence-corrected chi connectivity index (χ4v) is 5.29. The minimum absolute atomic E-state index is 0. The maximum Gasteiger partial charge on any atom is 0.251 e. The Morgan fingerprint density at radius 1 is 1.16 bits per heavy atom. The van der Waals surface area contributed by atoms with Gasteiger partial charge in [0.05, 0.1) is 16.2 Å². The summed E-state index contributed by atoms with van der Waals surface area (Å²) in [7, 11) is -3.29. The first-order valence-corrected chi connectivity index (χ1v) is 10.0. The maximum atomic E-state index is 12.5. The number of amides is 1. The van der Waals surface area contributed by atoms with Gasteiger partial charge in [0.1, 0.15) is 0 Å². The Balaban J connectivity index is 0.00000225. The second kappa shape index (κ2) is 8.49. The largest absolute Gasteiger partial charge is 0.391 e. The summed E-state index contributed by atoms with van der Waals surface area (Å²) in [5.41, 5.74) is 0.431. The molecular weight excluding hydrogens is 364 g/mol. The molecule has 2 aliphatic rings. The summed E-state index contributed by atoms with van der Waals surface area (Å²) in [4.78, 5) is 12.5. The van der Waals surface area contributed by atoms with E-state index in [9.17, 15) is 18.3 Å². The van der Waals surface area contributed by atoms with Crippen molar-refractivity contribution >= 4 is 28.2 Å². The molecule has 2 fully saturated rings. The highest BCUT2D eigenvalue weighted by Gasteiger charge is 2.30. The van der Waals surface area contributed by atoms with E-state index >= 15 is 0 Å². The SMILES string of the molecule is Cl.O=C(NCC1CNCC1O)c1ccc(S(=O)(=O)C2CCCC2)cc1. The van der Waals surface area contributed by atoms with Crippen LogP contribution in [0.3, 0.4) is 0 Å². The Bertz CT molecular complexity index is 687. The van der Waals surface area contributed by atoms with Crippen molar-refractivity contribution in [3.05, 3.63) is 29.8 Å². The number of aliphatic hydroxyl groups is 1. The van der Waals surface area contributed by atoms with Crippen LogP contribution in [0.2, 0.25) is 0 Å². The number of β-amino-alcohol motifs (C(OH)–C–C–N with tert-alkyl or cyclic N) is 1. The van der Waals surface area contributed by atoms with E-state index in [4.69, 9.17) is 0 Å². The van der Waals surface area contributed by atoms with Crippen molar-refractivity contribution in [1.29, 1.82) is 0 Å². The second-order valence-electron chi connectivity index (χ2n) is 6.67. The molecule has 1 heterocycles. The van der Waals surface area contributed by atoms with Crippen LogP contribution in [0.4, 0.5) is 0 Å². The topological polar surface area (TPSA) is 95.5 Å². The van der Waals surface area contributed by atoms with Gasteiger partial charge in [-0.15, -0.1) is 12.4 Å². The summed E-state index contributed by atoms with van der Waals surface area (Å²) < 4.78 is 25.0. The molecule has 0 bridgehead atoms. The van der Waals surface area contributed by atoms with Gasteiger partial charge < -0.3 is 15.7 Å². The minimum atomic E-state index is -3.29. The first-order chi connectivity index (χ1) is 11.5. The van der Waals surface area contributed by atoms with Crippen LogP contribution < -0.4 is 10.6 Å². The smallest absolute Gasteiger partial charge is 0.251 e. The van der Waals surface area contributed by atoms with Crippen molar-refractivity contribution < 1.29 is 18.3 Å². The summed E-state index contributed by atoms with van der Waals surface area (Å²) in [5, 5.41) is 15.3. The number of benzene rings is 1. The van der Waals surface area contributed by atoms with Gasteiger partial charge in [-0.1, -0.05) is 12.8 Å². The Morgan fingerprint density at radius 3 is 2.36 bits per heavy atom. The highest BCUT2D eigenvalue weighted by molar-refractivity contribution is 7.92. The molecule has 2 atom stereocenters. The molecule has 2 unspecified atom stereocenters. The van der Waals surface area contributed by atoms with Crippen molar-refractivity contribution in [2.45, 2.75) is 41.9 Å². The van der Waals surface area contributed by atoms with Crippen LogP contribution in [-0.4, -0.2) is 50.4 Å². The number of carbonyl (C=O) groups excluding carboxylic acids is 1. The number of aliphatic hydroxyl groups excluding tert-OH is 1. The summed E-state index contributed by atoms with van der Waals surface area (Å²) in [6, 6.07) is 6.16. The number of nitrogens with one attached hydrogen (secondary N) is 2. The van der Waals surface area contributed by atoms with E-state index in [1.165, 1.54) is 12.1 Å². The van der Waals surface area contributed by atoms with Crippen LogP contribution in [0.5, 0.6) is 0 Å². The zero-order chi connectivity index (χ0) is 17.2. The van der Waals surface area contributed by atoms with Gasteiger partial charge in [-0.3, -0.25) is 4.79 Å². The van der Waals surface area contributed by atoms with Crippen molar-refractivity contribution in [2.24, 2.45) is 5.92 Å². The average molecular weight is 389 g/mol. The molecule has 0 aromatic heterocycles. The van der Waals surface area contributed by atoms with Gasteiger partial charge in [0, 0.05) is 31.1 Å². The number of sulfone groups is 1. The lowest BCUT2D eigenvalue weighted by Crippen LogP contribution is -2.34. The van der Waals surface area contributed by atoms with E-state index in [2.05, 4.69) is 10.6 Å². The normalized spacial score (nSPS) is 24.0. The molecule has 0 spiro atoms. The fourth-order valence-electron chi connectivity index (χ4n) is 3.44. The summed E-state index contributed by atoms with van der Waals surface area (Å²) >= 11 is 0. The van der Waals surface area contributed by atoms with Crippen LogP contribution >= 0.6 is 12.4 Å². The molecule has 1 amide bonds. The van der Waals surface area contributed by atoms with Crippen LogP contribution in [0.25, 0.3) is 0 Å². The van der Waals surface area contributed by atoms with Crippen molar-refractivity contribution in [2.75, 3.05) is 19.6 Å². The Hall–Kier alpha value is -1.15. The number of carbonyl (C=O) groups is 1. The quantitative estimate of drug-likeness (QED) is 0.702. The Kier molecular flexibility index (Phi) is 6.85. The molecule has 1 aliphatic carbocycles. The first kappa shape index (κ1) is 20.2. The molecule has 140 valence electrons. The molecule has 0 radical (unpaired) electrons. The van der Waals surface area contributed by atoms with E-state index in [1.807, 2.05) is 0 Å². The van der Waals surface area contributed by atoms with Gasteiger partial charge in [0.2, 0.25) is 0 Å². The molecule has 1 aromatic rings. The molecular formula is C17H25ClN2O4S. The molecule has 1 saturated carbocycles. The van der Waals surface area contributed by atoms with Crippen molar-refractivity contribution in [3.8, 4) is 0 Å². The molecule has 8 heteroatoms. The lowest BCUT2D eigenvalue weighted by atomic mass is 10.1. The minimum Gasteiger partial charge on any atom is -0.391 e. The third kappa shape index (κ3) is 4.53. The van der Waals surface area contributed by atoms with E-state index in [1.54, 1.807) is 12.1 Å². The summed E-state index contributed by atoms with van der Waals surface area (Å²) in [6.07, 6.45) is 2.94. The van der Waals surface area contributed by atoms with Crippen LogP contribution in [-0.2, 0) is 9.84 Å². The average Bonchev–Trinajstić information content (AvgIpc) is 3.25. The molecule has 1 saturated heterocycles. The zero-order valence-corrected chi connectivity index (χ0v) is 15.6. The monoisotopic (exact) mass is 388 g/mol. The number of halogens is 1. The second-order valence-corrected chi connectivity index (χ2v) is 8.90. The van der Waals surface area contributed by atoms with E-state index in [-0.39, 0.29) is 29.5 Å². The van der Waals surface area contributed by atoms with E-state index in [0.29, 0.717) is 30.1 Å². The molecule has 1 aromatic carbocycles. The van der Waals surface area contributed by atoms with E-state index < -0.39 is 15.9 Å². The van der Waals surface area contributed by atoms with Gasteiger partial charge in [-0.2, -0.15) is 0 Å². The van der Waals surface area contributed by atoms with Gasteiger partial charge in [0.25, 0.3) is 5.91 Å². The number of hydrogen-bond acceptors (Lipinski definition) is 5. The molecule has 3 rings (SSSR count). The first-order valence-electron chi connectivity index (χ1n) is 8.49. The summed E-state index contributed by atoms with van der Waals surface area (Å²) in [5.74, 6) is -0.241. The van der Waals surface area contributed by atoms with Crippen LogP contribution in [0.15, 0.2) is 29.2 Å². The lowest BCUT2D eigenvalue weighted by Gasteiger charge is -2.14. The van der Waals surface area contributed by atoms with E-state index in [0.717, 1.165) is 25.7 Å². The van der Waals surface area contributed by atoms with Crippen LogP contribution in [0, 0.1) is 5.92 Å². The predicted molar refractivity (Wildman–Crippen MR) is 97.8 cm³/mol. The Labute approximate surface area is 154 Å². The molecule has 25 heavy (non-hydrogen) atoms. The highest BCUT2D eigenvalue weighted by atomic mass is 35.5.